The van der Waals surface area contributed by atoms with Crippen molar-refractivity contribution in [3.8, 4) is 17.0 Å². The Morgan fingerprint density at radius 3 is 1.78 bits per heavy atom. The van der Waals surface area contributed by atoms with E-state index in [4.69, 9.17) is 13.8 Å². The molecule has 3 aromatic carbocycles. The molecule has 2 atom stereocenters. The summed E-state index contributed by atoms with van der Waals surface area (Å²) in [5.41, 5.74) is 3.84. The third-order valence-electron chi connectivity index (χ3n) is 8.70. The highest BCUT2D eigenvalue weighted by Crippen LogP contribution is 2.30. The van der Waals surface area contributed by atoms with Crippen molar-refractivity contribution in [1.29, 1.82) is 0 Å². The van der Waals surface area contributed by atoms with Crippen LogP contribution in [-0.4, -0.2) is 93.5 Å². The standard InChI is InChI=1S/C22H31N5O.2C7H8O3S/c1-3-26(4-2)10-11-28-20-7-5-6-17(12-20)21-8-9-22(25-24-21)27-15-18-13-23-14-19(18)16-27;2*1-6-2-4-7(5-3-6)11(8,9)10/h5-9,12,18-19,23H,3-4,10-11,13-16H2,1-2H3;2*2-5H,1H3,(H,8,9,10). The average molecular weight is 726 g/mol. The van der Waals surface area contributed by atoms with Gasteiger partial charge in [-0.1, -0.05) is 61.4 Å². The fourth-order valence-electron chi connectivity index (χ4n) is 5.69. The lowest BCUT2D eigenvalue weighted by Crippen LogP contribution is -2.27. The molecule has 4 aromatic rings. The average Bonchev–Trinajstić information content (AvgIpc) is 3.71. The number of anilines is 1. The van der Waals surface area contributed by atoms with Crippen molar-refractivity contribution in [3.05, 3.63) is 96.1 Å². The van der Waals surface area contributed by atoms with Crippen LogP contribution in [0.1, 0.15) is 25.0 Å². The predicted molar refractivity (Wildman–Crippen MR) is 195 cm³/mol. The quantitative estimate of drug-likeness (QED) is 0.188. The molecule has 2 aliphatic rings. The first-order valence-electron chi connectivity index (χ1n) is 16.6. The first-order valence-corrected chi connectivity index (χ1v) is 19.5. The number of nitrogens with one attached hydrogen (secondary N) is 1. The minimum Gasteiger partial charge on any atom is -0.492 e. The zero-order chi connectivity index (χ0) is 36.3. The zero-order valence-corrected chi connectivity index (χ0v) is 30.6. The number of ether oxygens (including phenoxy) is 1. The Morgan fingerprint density at radius 1 is 0.780 bits per heavy atom. The topological polar surface area (TPSA) is 162 Å². The van der Waals surface area contributed by atoms with Gasteiger partial charge in [-0.2, -0.15) is 16.8 Å². The number of benzene rings is 3. The molecule has 2 unspecified atom stereocenters. The summed E-state index contributed by atoms with van der Waals surface area (Å²) in [6, 6.07) is 24.3. The maximum absolute atomic E-state index is 10.5. The Labute approximate surface area is 296 Å². The second-order valence-corrected chi connectivity index (χ2v) is 15.2. The van der Waals surface area contributed by atoms with Crippen molar-refractivity contribution >= 4 is 26.1 Å². The van der Waals surface area contributed by atoms with Gasteiger partial charge in [0.25, 0.3) is 20.2 Å². The molecule has 50 heavy (non-hydrogen) atoms. The summed E-state index contributed by atoms with van der Waals surface area (Å²) in [7, 11) is -8.04. The van der Waals surface area contributed by atoms with Crippen LogP contribution in [0.4, 0.5) is 5.82 Å². The van der Waals surface area contributed by atoms with Crippen molar-refractivity contribution in [1.82, 2.24) is 20.4 Å². The SMILES string of the molecule is CCN(CC)CCOc1cccc(-c2ccc(N3CC4CNCC4C3)nn2)c1.Cc1ccc(S(=O)(=O)O)cc1.Cc1ccc(S(=O)(=O)O)cc1. The van der Waals surface area contributed by atoms with Crippen LogP contribution in [0.15, 0.2) is 94.7 Å². The second kappa shape index (κ2) is 17.8. The number of aromatic nitrogens is 2. The number of fused-ring (bicyclic) bond motifs is 1. The van der Waals surface area contributed by atoms with Crippen LogP contribution in [0.5, 0.6) is 5.75 Å². The molecule has 270 valence electrons. The Morgan fingerprint density at radius 2 is 1.32 bits per heavy atom. The maximum Gasteiger partial charge on any atom is 0.294 e. The minimum absolute atomic E-state index is 0.0666. The summed E-state index contributed by atoms with van der Waals surface area (Å²) >= 11 is 0. The van der Waals surface area contributed by atoms with Gasteiger partial charge in [-0.05, 0) is 87.3 Å². The number of hydrogen-bond acceptors (Lipinski definition) is 10. The highest BCUT2D eigenvalue weighted by Gasteiger charge is 2.36. The van der Waals surface area contributed by atoms with E-state index in [2.05, 4.69) is 63.4 Å². The largest absolute Gasteiger partial charge is 0.492 e. The molecule has 3 heterocycles. The van der Waals surface area contributed by atoms with Crippen molar-refractivity contribution in [2.45, 2.75) is 37.5 Å². The molecular formula is C36H47N5O7S2. The molecule has 14 heteroatoms. The van der Waals surface area contributed by atoms with Crippen LogP contribution in [-0.2, 0) is 20.2 Å². The Bertz CT molecular complexity index is 1780. The summed E-state index contributed by atoms with van der Waals surface area (Å²) in [4.78, 5) is 4.60. The number of likely N-dealkylation sites (N-methyl/N-ethyl adjacent to an activating group) is 1. The van der Waals surface area contributed by atoms with Gasteiger partial charge in [-0.25, -0.2) is 0 Å². The number of hydrogen-bond donors (Lipinski definition) is 3. The molecular weight excluding hydrogens is 679 g/mol. The fourth-order valence-corrected chi connectivity index (χ4v) is 6.65. The van der Waals surface area contributed by atoms with E-state index in [9.17, 15) is 16.8 Å². The van der Waals surface area contributed by atoms with E-state index in [0.717, 1.165) is 91.6 Å². The van der Waals surface area contributed by atoms with E-state index in [1.165, 1.54) is 24.3 Å². The van der Waals surface area contributed by atoms with Crippen LogP contribution in [0, 0.1) is 25.7 Å². The second-order valence-electron chi connectivity index (χ2n) is 12.3. The molecule has 2 aliphatic heterocycles. The fraction of sp³-hybridized carbons (Fsp3) is 0.389. The lowest BCUT2D eigenvalue weighted by molar-refractivity contribution is 0.223. The van der Waals surface area contributed by atoms with Crippen molar-refractivity contribution in [3.63, 3.8) is 0 Å². The summed E-state index contributed by atoms with van der Waals surface area (Å²) in [5, 5.41) is 12.5. The van der Waals surface area contributed by atoms with Crippen molar-refractivity contribution < 1.29 is 30.7 Å². The molecule has 2 saturated heterocycles. The Kier molecular flexibility index (Phi) is 13.9. The van der Waals surface area contributed by atoms with Gasteiger partial charge in [-0.3, -0.25) is 9.11 Å². The van der Waals surface area contributed by atoms with Gasteiger partial charge in [0.15, 0.2) is 5.82 Å². The van der Waals surface area contributed by atoms with Crippen LogP contribution >= 0.6 is 0 Å². The number of rotatable bonds is 10. The Balaban J connectivity index is 0.000000209. The minimum atomic E-state index is -4.02. The lowest BCUT2D eigenvalue weighted by Gasteiger charge is -2.18. The first kappa shape index (κ1) is 38.9. The first-order chi connectivity index (χ1) is 23.8. The molecule has 0 aliphatic carbocycles. The number of aryl methyl sites for hydroxylation is 2. The van der Waals surface area contributed by atoms with Gasteiger partial charge < -0.3 is 19.9 Å². The van der Waals surface area contributed by atoms with Crippen molar-refractivity contribution in [2.24, 2.45) is 11.8 Å². The third kappa shape index (κ3) is 11.6. The van der Waals surface area contributed by atoms with Crippen LogP contribution < -0.4 is 15.0 Å². The van der Waals surface area contributed by atoms with Crippen molar-refractivity contribution in [2.75, 3.05) is 57.3 Å². The van der Waals surface area contributed by atoms with Gasteiger partial charge in [-0.15, -0.1) is 10.2 Å². The molecule has 1 aromatic heterocycles. The predicted octanol–water partition coefficient (Wildman–Crippen LogP) is 5.00. The zero-order valence-electron chi connectivity index (χ0n) is 28.9. The van der Waals surface area contributed by atoms with Gasteiger partial charge in [0.2, 0.25) is 0 Å². The molecule has 6 rings (SSSR count). The maximum atomic E-state index is 10.5. The van der Waals surface area contributed by atoms with Gasteiger partial charge >= 0.3 is 0 Å². The summed E-state index contributed by atoms with van der Waals surface area (Å²) in [6.45, 7) is 16.2. The van der Waals surface area contributed by atoms with E-state index in [-0.39, 0.29) is 9.79 Å². The van der Waals surface area contributed by atoms with Crippen LogP contribution in [0.25, 0.3) is 11.3 Å². The van der Waals surface area contributed by atoms with E-state index >= 15 is 0 Å². The van der Waals surface area contributed by atoms with E-state index in [0.29, 0.717) is 6.61 Å². The van der Waals surface area contributed by atoms with Crippen LogP contribution in [0.2, 0.25) is 0 Å². The molecule has 12 nitrogen and oxygen atoms in total. The van der Waals surface area contributed by atoms with Gasteiger partial charge in [0.05, 0.1) is 15.5 Å². The summed E-state index contributed by atoms with van der Waals surface area (Å²) in [6.07, 6.45) is 0. The molecule has 3 N–H and O–H groups in total. The molecule has 2 fully saturated rings. The summed E-state index contributed by atoms with van der Waals surface area (Å²) in [5.74, 6) is 3.39. The van der Waals surface area contributed by atoms with Gasteiger partial charge in [0.1, 0.15) is 12.4 Å². The smallest absolute Gasteiger partial charge is 0.294 e. The van der Waals surface area contributed by atoms with E-state index in [1.807, 2.05) is 26.0 Å². The van der Waals surface area contributed by atoms with E-state index in [1.54, 1.807) is 24.3 Å². The highest BCUT2D eigenvalue weighted by atomic mass is 32.2. The molecule has 0 bridgehead atoms. The molecule has 0 saturated carbocycles. The Hall–Kier alpha value is -3.92. The highest BCUT2D eigenvalue weighted by molar-refractivity contribution is 7.86. The third-order valence-corrected chi connectivity index (χ3v) is 10.4. The normalized spacial score (nSPS) is 17.0. The van der Waals surface area contributed by atoms with E-state index < -0.39 is 20.2 Å². The van der Waals surface area contributed by atoms with Gasteiger partial charge in [0, 0.05) is 38.3 Å². The monoisotopic (exact) mass is 725 g/mol. The number of nitrogens with zero attached hydrogens (tertiary/aromatic N) is 4. The lowest BCUT2D eigenvalue weighted by atomic mass is 10.0. The van der Waals surface area contributed by atoms with Crippen LogP contribution in [0.3, 0.4) is 0 Å². The summed E-state index contributed by atoms with van der Waals surface area (Å²) < 4.78 is 65.0. The molecule has 0 amide bonds. The molecule has 0 spiro atoms. The molecule has 0 radical (unpaired) electrons.